The maximum atomic E-state index is 15.1. The molecule has 1 atom stereocenters. The minimum atomic E-state index is -0.759. The summed E-state index contributed by atoms with van der Waals surface area (Å²) in [5.74, 6) is 0.0890. The quantitative estimate of drug-likeness (QED) is 0.352. The molecule has 1 fully saturated rings. The zero-order chi connectivity index (χ0) is 24.9. The molecule has 5 aromatic rings. The Morgan fingerprint density at radius 2 is 2.00 bits per heavy atom. The van der Waals surface area contributed by atoms with Crippen LogP contribution in [0.15, 0.2) is 49.2 Å². The van der Waals surface area contributed by atoms with Gasteiger partial charge >= 0.3 is 0 Å². The molecule has 0 amide bonds. The minimum absolute atomic E-state index is 0. The van der Waals surface area contributed by atoms with Crippen LogP contribution >= 0.6 is 12.4 Å². The lowest BCUT2D eigenvalue weighted by Crippen LogP contribution is -2.51. The van der Waals surface area contributed by atoms with Gasteiger partial charge in [-0.05, 0) is 6.07 Å². The number of anilines is 3. The maximum Gasteiger partial charge on any atom is 0.172 e. The number of aromatic nitrogens is 6. The van der Waals surface area contributed by atoms with Crippen molar-refractivity contribution in [3.05, 3.63) is 60.8 Å². The Balaban J connectivity index is 0.00000264. The van der Waals surface area contributed by atoms with E-state index in [0.29, 0.717) is 40.6 Å². The predicted octanol–water partition coefficient (Wildman–Crippen LogP) is 3.47. The number of nitrogens with one attached hydrogen (secondary N) is 2. The third kappa shape index (κ3) is 4.25. The van der Waals surface area contributed by atoms with Gasteiger partial charge in [-0.25, -0.2) is 33.2 Å². The second-order valence-electron chi connectivity index (χ2n) is 8.72. The van der Waals surface area contributed by atoms with Crippen molar-refractivity contribution >= 4 is 46.4 Å². The Bertz CT molecular complexity index is 1670. The summed E-state index contributed by atoms with van der Waals surface area (Å²) in [7, 11) is 0. The predicted molar refractivity (Wildman–Crippen MR) is 137 cm³/mol. The van der Waals surface area contributed by atoms with Crippen molar-refractivity contribution in [2.75, 3.05) is 36.5 Å². The van der Waals surface area contributed by atoms with Crippen LogP contribution in [0.3, 0.4) is 0 Å². The summed E-state index contributed by atoms with van der Waals surface area (Å²) in [4.78, 5) is 19.5. The van der Waals surface area contributed by atoms with Crippen LogP contribution in [0, 0.1) is 11.6 Å². The van der Waals surface area contributed by atoms with Crippen LogP contribution in [0.4, 0.5) is 26.1 Å². The van der Waals surface area contributed by atoms with Crippen molar-refractivity contribution in [2.45, 2.75) is 6.04 Å². The van der Waals surface area contributed by atoms with Crippen molar-refractivity contribution < 1.29 is 18.3 Å². The Hall–Kier alpha value is -4.36. The summed E-state index contributed by atoms with van der Waals surface area (Å²) in [5.41, 5.74) is 1.34. The normalized spacial score (nSPS) is 16.4. The summed E-state index contributed by atoms with van der Waals surface area (Å²) >= 11 is 0. The van der Waals surface area contributed by atoms with Crippen LogP contribution in [0.1, 0.15) is 0 Å². The van der Waals surface area contributed by atoms with Gasteiger partial charge in [-0.2, -0.15) is 5.10 Å². The van der Waals surface area contributed by atoms with Crippen LogP contribution in [0.2, 0.25) is 0 Å². The Morgan fingerprint density at radius 3 is 2.92 bits per heavy atom. The van der Waals surface area contributed by atoms with E-state index in [1.165, 1.54) is 17.2 Å². The lowest BCUT2D eigenvalue weighted by molar-refractivity contribution is 0.271. The Labute approximate surface area is 220 Å². The monoisotopic (exact) mass is 539 g/mol. The van der Waals surface area contributed by atoms with Crippen molar-refractivity contribution in [1.82, 2.24) is 34.9 Å². The van der Waals surface area contributed by atoms with Gasteiger partial charge in [-0.15, -0.1) is 12.4 Å². The van der Waals surface area contributed by atoms with Crippen molar-refractivity contribution in [3.63, 3.8) is 0 Å². The van der Waals surface area contributed by atoms with Gasteiger partial charge in [0.25, 0.3) is 0 Å². The molecule has 1 aromatic carbocycles. The minimum Gasteiger partial charge on any atom is -0.488 e. The smallest absolute Gasteiger partial charge is 0.172 e. The fraction of sp³-hybridized carbons (Fsp3) is 0.208. The summed E-state index contributed by atoms with van der Waals surface area (Å²) in [5, 5.41) is 10.3. The highest BCUT2D eigenvalue weighted by atomic mass is 35.5. The highest BCUT2D eigenvalue weighted by Gasteiger charge is 2.28. The first kappa shape index (κ1) is 24.0. The van der Waals surface area contributed by atoms with E-state index < -0.39 is 11.6 Å². The molecule has 0 aliphatic carbocycles. The lowest BCUT2D eigenvalue weighted by atomic mass is 10.2. The number of halogens is 3. The number of hydrogen-bond donors (Lipinski definition) is 2. The van der Waals surface area contributed by atoms with Gasteiger partial charge in [-0.3, -0.25) is 0 Å². The zero-order valence-electron chi connectivity index (χ0n) is 19.6. The van der Waals surface area contributed by atoms with Crippen molar-refractivity contribution in [1.29, 1.82) is 0 Å². The molecule has 6 heterocycles. The van der Waals surface area contributed by atoms with Crippen molar-refractivity contribution in [2.24, 2.45) is 0 Å². The van der Waals surface area contributed by atoms with Crippen LogP contribution in [0.5, 0.6) is 17.2 Å². The average Bonchev–Trinajstić information content (AvgIpc) is 3.34. The molecule has 0 saturated carbocycles. The van der Waals surface area contributed by atoms with Crippen LogP contribution < -0.4 is 25.0 Å². The second kappa shape index (κ2) is 9.50. The molecule has 2 N–H and O–H groups in total. The van der Waals surface area contributed by atoms with E-state index in [0.717, 1.165) is 31.8 Å². The number of ether oxygens (including phenoxy) is 2. The molecule has 1 saturated heterocycles. The first-order valence-corrected chi connectivity index (χ1v) is 11.6. The first-order valence-electron chi connectivity index (χ1n) is 11.6. The number of nitrogens with zero attached hydrogens (tertiary/aromatic N) is 7. The van der Waals surface area contributed by atoms with Gasteiger partial charge in [-0.1, -0.05) is 0 Å². The molecule has 2 aliphatic rings. The summed E-state index contributed by atoms with van der Waals surface area (Å²) in [6.07, 6.45) is 4.33. The molecular weight excluding hydrogens is 520 g/mol. The van der Waals surface area contributed by atoms with Gasteiger partial charge < -0.3 is 25.0 Å². The number of benzene rings is 1. The fourth-order valence-corrected chi connectivity index (χ4v) is 4.52. The van der Waals surface area contributed by atoms with Crippen LogP contribution in [-0.4, -0.2) is 61.8 Å². The van der Waals surface area contributed by atoms with E-state index in [4.69, 9.17) is 14.5 Å². The number of rotatable bonds is 4. The topological polar surface area (TPSA) is 115 Å². The third-order valence-electron chi connectivity index (χ3n) is 6.31. The number of pyridine rings is 2. The number of hydrogen-bond acceptors (Lipinski definition) is 10. The number of fused-ring (bicyclic) bond motifs is 6. The Kier molecular flexibility index (Phi) is 6.00. The summed E-state index contributed by atoms with van der Waals surface area (Å²) < 4.78 is 43.1. The highest BCUT2D eigenvalue weighted by Crippen LogP contribution is 2.36. The summed E-state index contributed by atoms with van der Waals surface area (Å²) in [6, 6.07) is 7.14. The average molecular weight is 540 g/mol. The van der Waals surface area contributed by atoms with Crippen molar-refractivity contribution in [3.8, 4) is 17.2 Å². The molecule has 4 aromatic heterocycles. The van der Waals surface area contributed by atoms with E-state index in [1.54, 1.807) is 24.4 Å². The van der Waals surface area contributed by atoms with Gasteiger partial charge in [0.05, 0.1) is 17.2 Å². The van der Waals surface area contributed by atoms with Gasteiger partial charge in [0.2, 0.25) is 0 Å². The molecule has 7 rings (SSSR count). The molecule has 0 spiro atoms. The molecule has 194 valence electrons. The fourth-order valence-electron chi connectivity index (χ4n) is 4.52. The number of piperazine rings is 1. The largest absolute Gasteiger partial charge is 0.488 e. The van der Waals surface area contributed by atoms with E-state index in [2.05, 4.69) is 35.6 Å². The van der Waals surface area contributed by atoms with Gasteiger partial charge in [0.15, 0.2) is 40.4 Å². The highest BCUT2D eigenvalue weighted by molar-refractivity contribution is 5.90. The van der Waals surface area contributed by atoms with E-state index >= 15 is 4.39 Å². The molecular formula is C24H20ClF2N9O2. The van der Waals surface area contributed by atoms with Crippen LogP contribution in [-0.2, 0) is 0 Å². The molecule has 2 aliphatic heterocycles. The molecule has 0 radical (unpaired) electrons. The summed E-state index contributed by atoms with van der Waals surface area (Å²) in [6.45, 7) is 2.87. The van der Waals surface area contributed by atoms with Gasteiger partial charge in [0.1, 0.15) is 30.5 Å². The van der Waals surface area contributed by atoms with E-state index in [1.807, 2.05) is 0 Å². The van der Waals surface area contributed by atoms with Crippen LogP contribution in [0.25, 0.3) is 16.7 Å². The SMILES string of the molecule is Cl.Fc1cc(Oc2ccn3ncnc3c2)c(F)cc1Nc1ncnc2cc3c(nc12)N1CCNC(CO3)C1. The first-order chi connectivity index (χ1) is 18.1. The maximum absolute atomic E-state index is 15.1. The van der Waals surface area contributed by atoms with E-state index in [9.17, 15) is 4.39 Å². The zero-order valence-corrected chi connectivity index (χ0v) is 20.5. The Morgan fingerprint density at radius 1 is 1.08 bits per heavy atom. The molecule has 38 heavy (non-hydrogen) atoms. The molecule has 11 nitrogen and oxygen atoms in total. The lowest BCUT2D eigenvalue weighted by Gasteiger charge is -2.31. The molecule has 2 bridgehead atoms. The standard InChI is InChI=1S/C24H19F2N9O2.ClH/c25-15-7-19(37-14-1-3-35-21(5-14)29-12-31-35)16(26)6-17(15)32-23-22-18(28-11-30-23)8-20-24(33-22)34-4-2-27-13(9-34)10-36-20;/h1,3,5-8,11-13,27H,2,4,9-10H2,(H,28,30,32);1H. The third-order valence-corrected chi connectivity index (χ3v) is 6.31. The van der Waals surface area contributed by atoms with Gasteiger partial charge in [0, 0.05) is 50.1 Å². The molecule has 14 heteroatoms. The molecule has 1 unspecified atom stereocenters. The van der Waals surface area contributed by atoms with E-state index in [-0.39, 0.29) is 35.7 Å². The second-order valence-corrected chi connectivity index (χ2v) is 8.72.